The highest BCUT2D eigenvalue weighted by molar-refractivity contribution is 6.16. The van der Waals surface area contributed by atoms with Gasteiger partial charge in [-0.2, -0.15) is 13.2 Å². The molecule has 0 aliphatic heterocycles. The Morgan fingerprint density at radius 3 is 2.46 bits per heavy atom. The lowest BCUT2D eigenvalue weighted by atomic mass is 9.91. The van der Waals surface area contributed by atoms with E-state index in [0.29, 0.717) is 35.0 Å². The van der Waals surface area contributed by atoms with Gasteiger partial charge in [-0.3, -0.25) is 9.78 Å². The van der Waals surface area contributed by atoms with Gasteiger partial charge in [0.15, 0.2) is 5.78 Å². The molecule has 4 aromatic rings. The molecule has 0 aliphatic rings. The molecule has 0 atom stereocenters. The maximum Gasteiger partial charge on any atom is 0.418 e. The van der Waals surface area contributed by atoms with Crippen molar-refractivity contribution in [1.29, 1.82) is 0 Å². The van der Waals surface area contributed by atoms with Crippen molar-refractivity contribution in [2.75, 3.05) is 6.61 Å². The summed E-state index contributed by atoms with van der Waals surface area (Å²) >= 11 is 0. The third-order valence-electron chi connectivity index (χ3n) is 5.47. The van der Waals surface area contributed by atoms with Crippen LogP contribution in [0.15, 0.2) is 91.1 Å². The van der Waals surface area contributed by atoms with Gasteiger partial charge in [-0.25, -0.2) is 0 Å². The number of halogens is 3. The average Bonchev–Trinajstić information content (AvgIpc) is 2.85. The first-order valence-electron chi connectivity index (χ1n) is 11.2. The number of carbonyl (C=O) groups excluding carboxylic acids is 1. The van der Waals surface area contributed by atoms with E-state index in [2.05, 4.69) is 18.8 Å². The average molecular weight is 476 g/mol. The molecule has 178 valence electrons. The predicted molar refractivity (Wildman–Crippen MR) is 132 cm³/mol. The summed E-state index contributed by atoms with van der Waals surface area (Å²) < 4.78 is 47.0. The van der Waals surface area contributed by atoms with E-state index in [-0.39, 0.29) is 22.2 Å². The number of allylic oxidation sites excluding steroid dienone is 1. The molecule has 0 radical (unpaired) electrons. The number of benzene rings is 3. The largest absolute Gasteiger partial charge is 0.490 e. The van der Waals surface area contributed by atoms with E-state index in [4.69, 9.17) is 4.74 Å². The maximum absolute atomic E-state index is 13.7. The van der Waals surface area contributed by atoms with Crippen molar-refractivity contribution in [3.05, 3.63) is 108 Å². The minimum absolute atomic E-state index is 0.203. The van der Waals surface area contributed by atoms with Crippen LogP contribution in [0.3, 0.4) is 0 Å². The molecule has 1 heterocycles. The third-order valence-corrected chi connectivity index (χ3v) is 5.47. The summed E-state index contributed by atoms with van der Waals surface area (Å²) in [5, 5.41) is 0.249. The van der Waals surface area contributed by atoms with Crippen molar-refractivity contribution >= 4 is 16.7 Å². The zero-order chi connectivity index (χ0) is 25.0. The van der Waals surface area contributed by atoms with Gasteiger partial charge in [0.05, 0.1) is 11.1 Å². The van der Waals surface area contributed by atoms with E-state index < -0.39 is 11.7 Å². The molecule has 0 fully saturated rings. The maximum atomic E-state index is 13.7. The normalized spacial score (nSPS) is 11.9. The second kappa shape index (κ2) is 10.1. The number of carbonyl (C=O) groups is 1. The van der Waals surface area contributed by atoms with Gasteiger partial charge < -0.3 is 4.74 Å². The number of fused-ring (bicyclic) bond motifs is 1. The fraction of sp³-hybridized carbons (Fsp3) is 0.172. The summed E-state index contributed by atoms with van der Waals surface area (Å²) in [5.74, 6) is 0.618. The number of aromatic nitrogens is 1. The van der Waals surface area contributed by atoms with Crippen molar-refractivity contribution in [3.8, 4) is 16.9 Å². The summed E-state index contributed by atoms with van der Waals surface area (Å²) in [4.78, 5) is 17.5. The number of hydrogen-bond acceptors (Lipinski definition) is 3. The van der Waals surface area contributed by atoms with Crippen molar-refractivity contribution in [1.82, 2.24) is 4.98 Å². The van der Waals surface area contributed by atoms with Crippen molar-refractivity contribution < 1.29 is 22.7 Å². The van der Waals surface area contributed by atoms with E-state index in [1.165, 1.54) is 12.3 Å². The van der Waals surface area contributed by atoms with Crippen molar-refractivity contribution in [3.63, 3.8) is 0 Å². The highest BCUT2D eigenvalue weighted by atomic mass is 19.4. The fourth-order valence-corrected chi connectivity index (χ4v) is 3.89. The molecule has 0 N–H and O–H groups in total. The molecule has 3 nitrogen and oxygen atoms in total. The van der Waals surface area contributed by atoms with Gasteiger partial charge in [0.25, 0.3) is 0 Å². The van der Waals surface area contributed by atoms with Crippen LogP contribution >= 0.6 is 0 Å². The number of alkyl halides is 3. The molecule has 1 aromatic heterocycles. The third kappa shape index (κ3) is 5.43. The number of hydrogen-bond donors (Lipinski definition) is 0. The quantitative estimate of drug-likeness (QED) is 0.203. The number of rotatable bonds is 7. The Balaban J connectivity index is 1.89. The zero-order valence-electron chi connectivity index (χ0n) is 19.3. The van der Waals surface area contributed by atoms with Crippen LogP contribution in [-0.4, -0.2) is 17.4 Å². The second-order valence-electron chi connectivity index (χ2n) is 8.45. The van der Waals surface area contributed by atoms with Gasteiger partial charge in [0.1, 0.15) is 12.4 Å². The smallest absolute Gasteiger partial charge is 0.418 e. The first kappa shape index (κ1) is 24.2. The zero-order valence-corrected chi connectivity index (χ0v) is 19.3. The SMILES string of the molecule is CC(C)C=CCOc1cccc(-c2c(C(=O)c3ccccc3)cnc3c(C(F)(F)F)cccc23)c1. The Morgan fingerprint density at radius 2 is 1.74 bits per heavy atom. The Labute approximate surface area is 201 Å². The van der Waals surface area contributed by atoms with Gasteiger partial charge >= 0.3 is 6.18 Å². The highest BCUT2D eigenvalue weighted by Gasteiger charge is 2.34. The Morgan fingerprint density at radius 1 is 1.00 bits per heavy atom. The van der Waals surface area contributed by atoms with Crippen LogP contribution < -0.4 is 4.74 Å². The summed E-state index contributed by atoms with van der Waals surface area (Å²) in [6, 6.07) is 19.5. The van der Waals surface area contributed by atoms with Gasteiger partial charge in [-0.05, 0) is 29.7 Å². The highest BCUT2D eigenvalue weighted by Crippen LogP contribution is 2.39. The van der Waals surface area contributed by atoms with Gasteiger partial charge in [0, 0.05) is 28.3 Å². The molecule has 35 heavy (non-hydrogen) atoms. The monoisotopic (exact) mass is 475 g/mol. The van der Waals surface area contributed by atoms with E-state index in [1.54, 1.807) is 60.7 Å². The molecule has 0 bridgehead atoms. The lowest BCUT2D eigenvalue weighted by molar-refractivity contribution is -0.136. The Kier molecular flexibility index (Phi) is 7.01. The van der Waals surface area contributed by atoms with E-state index in [9.17, 15) is 18.0 Å². The molecule has 0 aliphatic carbocycles. The molecule has 3 aromatic carbocycles. The number of pyridine rings is 1. The first-order chi connectivity index (χ1) is 16.8. The fourth-order valence-electron chi connectivity index (χ4n) is 3.89. The topological polar surface area (TPSA) is 39.2 Å². The minimum Gasteiger partial charge on any atom is -0.490 e. The van der Waals surface area contributed by atoms with Crippen LogP contribution in [0.5, 0.6) is 5.75 Å². The van der Waals surface area contributed by atoms with Crippen molar-refractivity contribution in [2.24, 2.45) is 5.92 Å². The molecule has 0 amide bonds. The van der Waals surface area contributed by atoms with Gasteiger partial charge in [-0.15, -0.1) is 0 Å². The number of ether oxygens (including phenoxy) is 1. The van der Waals surface area contributed by atoms with Crippen molar-refractivity contribution in [2.45, 2.75) is 20.0 Å². The summed E-state index contributed by atoms with van der Waals surface area (Å²) in [7, 11) is 0. The van der Waals surface area contributed by atoms with Crippen LogP contribution in [0.4, 0.5) is 13.2 Å². The van der Waals surface area contributed by atoms with E-state index >= 15 is 0 Å². The summed E-state index contributed by atoms with van der Waals surface area (Å²) in [5.41, 5.74) is 0.555. The number of para-hydroxylation sites is 1. The van der Waals surface area contributed by atoms with Crippen LogP contribution in [0.2, 0.25) is 0 Å². The standard InChI is InChI=1S/C29H24F3NO2/c1-19(2)9-8-16-35-22-13-6-12-21(17-22)26-23-14-7-15-25(29(30,31)32)27(23)33-18-24(26)28(34)20-10-4-3-5-11-20/h3-15,17-19H,16H2,1-2H3. The predicted octanol–water partition coefficient (Wildman–Crippen LogP) is 7.74. The molecular weight excluding hydrogens is 451 g/mol. The summed E-state index contributed by atoms with van der Waals surface area (Å²) in [6.07, 6.45) is 0.595. The van der Waals surface area contributed by atoms with Crippen LogP contribution in [-0.2, 0) is 6.18 Å². The van der Waals surface area contributed by atoms with Crippen LogP contribution in [0.1, 0.15) is 35.3 Å². The Bertz CT molecular complexity index is 1380. The molecular formula is C29H24F3NO2. The first-order valence-corrected chi connectivity index (χ1v) is 11.2. The summed E-state index contributed by atoms with van der Waals surface area (Å²) in [6.45, 7) is 4.48. The lowest BCUT2D eigenvalue weighted by Crippen LogP contribution is -2.09. The molecule has 6 heteroatoms. The molecule has 0 unspecified atom stereocenters. The molecule has 4 rings (SSSR count). The molecule has 0 saturated heterocycles. The molecule has 0 spiro atoms. The lowest BCUT2D eigenvalue weighted by Gasteiger charge is -2.16. The van der Waals surface area contributed by atoms with Gasteiger partial charge in [-0.1, -0.05) is 80.6 Å². The van der Waals surface area contributed by atoms with E-state index in [0.717, 1.165) is 6.07 Å². The number of nitrogens with zero attached hydrogens (tertiary/aromatic N) is 1. The number of ketones is 1. The van der Waals surface area contributed by atoms with E-state index in [1.807, 2.05) is 12.2 Å². The Hall–Kier alpha value is -3.93. The molecule has 0 saturated carbocycles. The van der Waals surface area contributed by atoms with Crippen LogP contribution in [0, 0.1) is 5.92 Å². The van der Waals surface area contributed by atoms with Crippen LogP contribution in [0.25, 0.3) is 22.0 Å². The minimum atomic E-state index is -4.58. The second-order valence-corrected chi connectivity index (χ2v) is 8.45. The van der Waals surface area contributed by atoms with Gasteiger partial charge in [0.2, 0.25) is 0 Å².